The fourth-order valence-electron chi connectivity index (χ4n) is 3.15. The van der Waals surface area contributed by atoms with E-state index in [1.165, 1.54) is 0 Å². The minimum absolute atomic E-state index is 0.0253. The van der Waals surface area contributed by atoms with Gasteiger partial charge in [-0.15, -0.1) is 0 Å². The van der Waals surface area contributed by atoms with Crippen LogP contribution in [0.2, 0.25) is 0 Å². The molecule has 0 bridgehead atoms. The van der Waals surface area contributed by atoms with Crippen molar-refractivity contribution < 1.29 is 28.5 Å². The summed E-state index contributed by atoms with van der Waals surface area (Å²) in [7, 11) is 0. The molecule has 1 fully saturated rings. The van der Waals surface area contributed by atoms with E-state index in [1.54, 1.807) is 0 Å². The smallest absolute Gasteiger partial charge is 0.412 e. The van der Waals surface area contributed by atoms with Crippen LogP contribution >= 0.6 is 0 Å². The minimum Gasteiger partial charge on any atom is -0.489 e. The molecule has 3 aromatic carbocycles. The number of ether oxygens (including phenoxy) is 4. The second-order valence-electron chi connectivity index (χ2n) is 6.70. The molecule has 0 saturated carbocycles. The summed E-state index contributed by atoms with van der Waals surface area (Å²) in [6.45, 7) is 4.64. The summed E-state index contributed by atoms with van der Waals surface area (Å²) in [5, 5.41) is 5.80. The van der Waals surface area contributed by atoms with Gasteiger partial charge in [-0.05, 0) is 0 Å². The fraction of sp³-hybridized carbons (Fsp3) is 0.217. The van der Waals surface area contributed by atoms with Crippen molar-refractivity contribution in [2.75, 3.05) is 26.4 Å². The van der Waals surface area contributed by atoms with Gasteiger partial charge in [0.05, 0.1) is 13.2 Å². The van der Waals surface area contributed by atoms with Crippen molar-refractivity contribution in [1.82, 2.24) is 5.32 Å². The molecular formula is C23H21NO6. The summed E-state index contributed by atoms with van der Waals surface area (Å²) < 4.78 is 21.9. The summed E-state index contributed by atoms with van der Waals surface area (Å²) in [5.74, 6) is 0.631. The maximum Gasteiger partial charge on any atom is 0.412 e. The van der Waals surface area contributed by atoms with Gasteiger partial charge in [0, 0.05) is 27.6 Å². The zero-order valence-electron chi connectivity index (χ0n) is 16.3. The maximum absolute atomic E-state index is 12.4. The number of hydrogen-bond donors (Lipinski definition) is 1. The molecule has 1 atom stereocenters. The van der Waals surface area contributed by atoms with E-state index in [4.69, 9.17) is 18.9 Å². The molecule has 7 heteroatoms. The number of amides is 1. The normalized spacial score (nSPS) is 14.9. The zero-order valence-corrected chi connectivity index (χ0v) is 16.3. The van der Waals surface area contributed by atoms with Crippen LogP contribution in [-0.4, -0.2) is 44.5 Å². The topological polar surface area (TPSA) is 86.4 Å². The van der Waals surface area contributed by atoms with Crippen molar-refractivity contribution in [2.45, 2.75) is 6.10 Å². The second-order valence-corrected chi connectivity index (χ2v) is 6.70. The van der Waals surface area contributed by atoms with Crippen molar-refractivity contribution in [2.24, 2.45) is 0 Å². The molecule has 30 heavy (non-hydrogen) atoms. The highest BCUT2D eigenvalue weighted by Gasteiger charge is 2.25. The Kier molecular flexibility index (Phi) is 5.81. The summed E-state index contributed by atoms with van der Waals surface area (Å²) in [4.78, 5) is 23.4. The number of nitrogens with one attached hydrogen (secondary N) is 1. The summed E-state index contributed by atoms with van der Waals surface area (Å²) >= 11 is 0. The van der Waals surface area contributed by atoms with E-state index in [0.29, 0.717) is 19.0 Å². The third-order valence-electron chi connectivity index (χ3n) is 4.63. The van der Waals surface area contributed by atoms with Crippen molar-refractivity contribution in [3.8, 4) is 11.5 Å². The van der Waals surface area contributed by atoms with E-state index in [2.05, 4.69) is 11.9 Å². The van der Waals surface area contributed by atoms with Gasteiger partial charge in [0.25, 0.3) is 0 Å². The molecule has 0 radical (unpaired) electrons. The van der Waals surface area contributed by atoms with E-state index in [-0.39, 0.29) is 19.3 Å². The lowest BCUT2D eigenvalue weighted by Crippen LogP contribution is -2.30. The molecule has 1 N–H and O–H groups in total. The molecule has 1 unspecified atom stereocenters. The Hall–Kier alpha value is -3.58. The first kappa shape index (κ1) is 19.7. The van der Waals surface area contributed by atoms with Gasteiger partial charge >= 0.3 is 12.1 Å². The highest BCUT2D eigenvalue weighted by atomic mass is 16.6. The van der Waals surface area contributed by atoms with Gasteiger partial charge in [-0.1, -0.05) is 55.1 Å². The quantitative estimate of drug-likeness (QED) is 0.202. The Labute approximate surface area is 173 Å². The van der Waals surface area contributed by atoms with Crippen molar-refractivity contribution in [3.05, 3.63) is 61.2 Å². The lowest BCUT2D eigenvalue weighted by molar-refractivity contribution is -0.137. The Balaban J connectivity index is 1.62. The number of rotatable bonds is 8. The van der Waals surface area contributed by atoms with Crippen LogP contribution in [-0.2, 0) is 14.3 Å². The minimum atomic E-state index is -0.639. The average molecular weight is 407 g/mol. The number of benzene rings is 3. The lowest BCUT2D eigenvalue weighted by atomic mass is 10.0. The largest absolute Gasteiger partial charge is 0.489 e. The monoisotopic (exact) mass is 407 g/mol. The number of fused-ring (bicyclic) bond motifs is 2. The van der Waals surface area contributed by atoms with Gasteiger partial charge in [-0.3, -0.25) is 0 Å². The first-order valence-corrected chi connectivity index (χ1v) is 9.60. The molecule has 0 aliphatic carbocycles. The van der Waals surface area contributed by atoms with E-state index < -0.39 is 12.1 Å². The highest BCUT2D eigenvalue weighted by Crippen LogP contribution is 2.42. The van der Waals surface area contributed by atoms with E-state index in [1.807, 2.05) is 48.5 Å². The average Bonchev–Trinajstić information content (AvgIpc) is 3.60. The molecule has 0 aromatic heterocycles. The van der Waals surface area contributed by atoms with Crippen LogP contribution in [0.1, 0.15) is 0 Å². The molecule has 154 valence electrons. The van der Waals surface area contributed by atoms with Crippen LogP contribution in [0.5, 0.6) is 11.5 Å². The van der Waals surface area contributed by atoms with Crippen LogP contribution in [0.15, 0.2) is 61.2 Å². The van der Waals surface area contributed by atoms with Gasteiger partial charge in [0.15, 0.2) is 0 Å². The predicted octanol–water partition coefficient (Wildman–Crippen LogP) is 3.59. The molecule has 1 aliphatic heterocycles. The van der Waals surface area contributed by atoms with E-state index in [9.17, 15) is 9.59 Å². The van der Waals surface area contributed by atoms with Gasteiger partial charge in [-0.2, -0.15) is 0 Å². The standard InChI is InChI=1S/C23H21NO6/c1-2-20(25)27-12-11-24-23(26)30-22-18-9-5-3-7-16(18)21(29-14-15-13-28-15)17-8-4-6-10-19(17)22/h2-10,15H,1,11-14H2,(H,24,26). The number of esters is 1. The van der Waals surface area contributed by atoms with Crippen molar-refractivity contribution >= 4 is 33.6 Å². The van der Waals surface area contributed by atoms with Crippen molar-refractivity contribution in [3.63, 3.8) is 0 Å². The van der Waals surface area contributed by atoms with Gasteiger partial charge in [0.1, 0.15) is 30.8 Å². The highest BCUT2D eigenvalue weighted by molar-refractivity contribution is 6.11. The first-order valence-electron chi connectivity index (χ1n) is 9.60. The van der Waals surface area contributed by atoms with E-state index >= 15 is 0 Å². The Bertz CT molecular complexity index is 1050. The predicted molar refractivity (Wildman–Crippen MR) is 112 cm³/mol. The number of epoxide rings is 1. The summed E-state index contributed by atoms with van der Waals surface area (Å²) in [6.07, 6.45) is 0.551. The molecule has 3 aromatic rings. The first-order chi connectivity index (χ1) is 14.7. The maximum atomic E-state index is 12.4. The molecule has 4 rings (SSSR count). The van der Waals surface area contributed by atoms with Crippen LogP contribution < -0.4 is 14.8 Å². The zero-order chi connectivity index (χ0) is 20.9. The number of hydrogen-bond acceptors (Lipinski definition) is 6. The summed E-state index contributed by atoms with van der Waals surface area (Å²) in [6, 6.07) is 15.2. The van der Waals surface area contributed by atoms with Gasteiger partial charge < -0.3 is 24.3 Å². The number of carbonyl (C=O) groups is 2. The van der Waals surface area contributed by atoms with Gasteiger partial charge in [0.2, 0.25) is 0 Å². The Morgan fingerprint density at radius 1 is 1.03 bits per heavy atom. The molecule has 0 spiro atoms. The Morgan fingerprint density at radius 3 is 2.13 bits per heavy atom. The second kappa shape index (κ2) is 8.84. The fourth-order valence-corrected chi connectivity index (χ4v) is 3.15. The van der Waals surface area contributed by atoms with Crippen LogP contribution in [0.3, 0.4) is 0 Å². The SMILES string of the molecule is C=CC(=O)OCCNC(=O)Oc1c2ccccc2c(OCC2CO2)c2ccccc12. The number of carbonyl (C=O) groups excluding carboxylic acids is 2. The molecule has 1 amide bonds. The van der Waals surface area contributed by atoms with Crippen LogP contribution in [0, 0.1) is 0 Å². The molecule has 7 nitrogen and oxygen atoms in total. The third kappa shape index (κ3) is 4.36. The van der Waals surface area contributed by atoms with Crippen LogP contribution in [0.25, 0.3) is 21.5 Å². The van der Waals surface area contributed by atoms with E-state index in [0.717, 1.165) is 33.4 Å². The Morgan fingerprint density at radius 2 is 1.60 bits per heavy atom. The molecular weight excluding hydrogens is 386 g/mol. The lowest BCUT2D eigenvalue weighted by Gasteiger charge is -2.17. The van der Waals surface area contributed by atoms with Gasteiger partial charge in [-0.25, -0.2) is 9.59 Å². The van der Waals surface area contributed by atoms with Crippen molar-refractivity contribution in [1.29, 1.82) is 0 Å². The summed E-state index contributed by atoms with van der Waals surface area (Å²) in [5.41, 5.74) is 0. The molecule has 1 heterocycles. The molecule has 1 aliphatic rings. The third-order valence-corrected chi connectivity index (χ3v) is 4.63. The van der Waals surface area contributed by atoms with Crippen LogP contribution in [0.4, 0.5) is 4.79 Å². The molecule has 1 saturated heterocycles.